The zero-order valence-electron chi connectivity index (χ0n) is 24.6. The predicted octanol–water partition coefficient (Wildman–Crippen LogP) is 7.40. The molecule has 0 fully saturated rings. The first kappa shape index (κ1) is 31.6. The van der Waals surface area contributed by atoms with E-state index in [0.717, 1.165) is 73.6 Å². The highest BCUT2D eigenvalue weighted by molar-refractivity contribution is 6.46. The van der Waals surface area contributed by atoms with Gasteiger partial charge >= 0.3 is 11.9 Å². The average Bonchev–Trinajstić information content (AvgIpc) is 3.32. The topological polar surface area (TPSA) is 111 Å². The standard InChI is InChI=1S/C33H40N2O6/c1-5-7-9-11-13-30(34-40-22(3)36)32(38)24-15-17-28-26(19-24)21-27-20-25(16-18-29(27)28)33(39)31(35-41-23(4)37)14-12-10-8-6-2/h15-20H,5-14,21H2,1-4H3/b34-30+,35-31+. The summed E-state index contributed by atoms with van der Waals surface area (Å²) in [6.45, 7) is 6.74. The number of rotatable bonds is 16. The molecule has 1 aliphatic rings. The van der Waals surface area contributed by atoms with Gasteiger partial charge in [0.2, 0.25) is 11.6 Å². The summed E-state index contributed by atoms with van der Waals surface area (Å²) in [5.41, 5.74) is 5.39. The number of unbranched alkanes of at least 4 members (excludes halogenated alkanes) is 6. The van der Waals surface area contributed by atoms with Crippen molar-refractivity contribution in [2.75, 3.05) is 0 Å². The van der Waals surface area contributed by atoms with E-state index in [1.807, 2.05) is 24.3 Å². The monoisotopic (exact) mass is 560 g/mol. The van der Waals surface area contributed by atoms with Crippen molar-refractivity contribution in [2.45, 2.75) is 98.3 Å². The van der Waals surface area contributed by atoms with E-state index in [-0.39, 0.29) is 23.0 Å². The molecule has 0 amide bonds. The van der Waals surface area contributed by atoms with Gasteiger partial charge in [-0.25, -0.2) is 9.59 Å². The number of hydrogen-bond acceptors (Lipinski definition) is 8. The molecule has 0 radical (unpaired) electrons. The molecule has 0 spiro atoms. The molecule has 41 heavy (non-hydrogen) atoms. The average molecular weight is 561 g/mol. The molecule has 8 nitrogen and oxygen atoms in total. The summed E-state index contributed by atoms with van der Waals surface area (Å²) >= 11 is 0. The van der Waals surface area contributed by atoms with Crippen molar-refractivity contribution in [1.29, 1.82) is 0 Å². The highest BCUT2D eigenvalue weighted by Crippen LogP contribution is 2.38. The van der Waals surface area contributed by atoms with Gasteiger partial charge in [0.1, 0.15) is 11.4 Å². The van der Waals surface area contributed by atoms with Crippen LogP contribution in [0.2, 0.25) is 0 Å². The Balaban J connectivity index is 1.80. The first-order valence-corrected chi connectivity index (χ1v) is 14.6. The summed E-state index contributed by atoms with van der Waals surface area (Å²) in [6.07, 6.45) is 9.21. The van der Waals surface area contributed by atoms with Gasteiger partial charge in [0.25, 0.3) is 0 Å². The maximum atomic E-state index is 13.3. The van der Waals surface area contributed by atoms with Gasteiger partial charge in [-0.2, -0.15) is 0 Å². The molecular formula is C33H40N2O6. The molecule has 2 aromatic carbocycles. The number of Topliss-reactive ketones (excluding diaryl/α,β-unsaturated/α-hetero) is 2. The smallest absolute Gasteiger partial charge is 0.318 e. The third-order valence-corrected chi connectivity index (χ3v) is 7.03. The number of carbonyl (C=O) groups is 4. The second kappa shape index (κ2) is 15.7. The highest BCUT2D eigenvalue weighted by atomic mass is 16.7. The first-order valence-electron chi connectivity index (χ1n) is 14.6. The second-order valence-electron chi connectivity index (χ2n) is 10.4. The SMILES string of the molecule is CCCCCC/C(=N\OC(C)=O)C(=O)c1ccc2c(c1)Cc1cc(C(=O)/C(CCCCCC)=N/OC(C)=O)ccc1-2. The summed E-state index contributed by atoms with van der Waals surface area (Å²) < 4.78 is 0. The van der Waals surface area contributed by atoms with Crippen molar-refractivity contribution >= 4 is 34.9 Å². The number of oxime groups is 2. The van der Waals surface area contributed by atoms with E-state index < -0.39 is 11.9 Å². The lowest BCUT2D eigenvalue weighted by atomic mass is 9.97. The Labute approximate surface area is 242 Å². The van der Waals surface area contributed by atoms with Crippen LogP contribution in [0.3, 0.4) is 0 Å². The van der Waals surface area contributed by atoms with Gasteiger partial charge in [-0.15, -0.1) is 0 Å². The Morgan fingerprint density at radius 3 is 1.41 bits per heavy atom. The van der Waals surface area contributed by atoms with E-state index in [9.17, 15) is 19.2 Å². The molecule has 1 aliphatic carbocycles. The number of fused-ring (bicyclic) bond motifs is 3. The highest BCUT2D eigenvalue weighted by Gasteiger charge is 2.24. The Morgan fingerprint density at radius 2 is 1.05 bits per heavy atom. The fraction of sp³-hybridized carbons (Fsp3) is 0.455. The lowest BCUT2D eigenvalue weighted by Crippen LogP contribution is -2.16. The van der Waals surface area contributed by atoms with E-state index in [0.29, 0.717) is 30.4 Å². The molecule has 0 bridgehead atoms. The van der Waals surface area contributed by atoms with Crippen molar-refractivity contribution < 1.29 is 28.9 Å². The van der Waals surface area contributed by atoms with E-state index >= 15 is 0 Å². The summed E-state index contributed by atoms with van der Waals surface area (Å²) in [5.74, 6) is -1.65. The number of nitrogens with zero attached hydrogens (tertiary/aromatic N) is 2. The van der Waals surface area contributed by atoms with Crippen molar-refractivity contribution in [3.8, 4) is 11.1 Å². The molecule has 3 rings (SSSR count). The third kappa shape index (κ3) is 9.03. The van der Waals surface area contributed by atoms with Gasteiger partial charge in [-0.1, -0.05) is 86.9 Å². The summed E-state index contributed by atoms with van der Waals surface area (Å²) in [7, 11) is 0. The largest absolute Gasteiger partial charge is 0.331 e. The first-order chi connectivity index (χ1) is 19.7. The summed E-state index contributed by atoms with van der Waals surface area (Å²) in [5, 5.41) is 7.75. The van der Waals surface area contributed by atoms with Crippen LogP contribution in [0.1, 0.15) is 124 Å². The Morgan fingerprint density at radius 1 is 0.634 bits per heavy atom. The van der Waals surface area contributed by atoms with E-state index in [1.165, 1.54) is 13.8 Å². The second-order valence-corrected chi connectivity index (χ2v) is 10.4. The van der Waals surface area contributed by atoms with Crippen LogP contribution in [0.5, 0.6) is 0 Å². The Kier molecular flexibility index (Phi) is 12.1. The molecule has 0 aliphatic heterocycles. The van der Waals surface area contributed by atoms with Crippen molar-refractivity contribution in [1.82, 2.24) is 0 Å². The number of hydrogen-bond donors (Lipinski definition) is 0. The quantitative estimate of drug-likeness (QED) is 0.0593. The van der Waals surface area contributed by atoms with Crippen molar-refractivity contribution in [3.63, 3.8) is 0 Å². The van der Waals surface area contributed by atoms with Crippen LogP contribution in [0, 0.1) is 0 Å². The van der Waals surface area contributed by atoms with Crippen molar-refractivity contribution in [3.05, 3.63) is 58.7 Å². The van der Waals surface area contributed by atoms with Gasteiger partial charge in [-0.05, 0) is 66.5 Å². The molecule has 218 valence electrons. The van der Waals surface area contributed by atoms with Crippen LogP contribution in [0.15, 0.2) is 46.7 Å². The summed E-state index contributed by atoms with van der Waals surface area (Å²) in [6, 6.07) is 11.1. The minimum absolute atomic E-state index is 0.234. The molecule has 0 unspecified atom stereocenters. The Bertz CT molecular complexity index is 1240. The van der Waals surface area contributed by atoms with Gasteiger partial charge in [0.15, 0.2) is 0 Å². The van der Waals surface area contributed by atoms with Crippen LogP contribution < -0.4 is 0 Å². The maximum Gasteiger partial charge on any atom is 0.331 e. The van der Waals surface area contributed by atoms with Crippen LogP contribution in [0.25, 0.3) is 11.1 Å². The Hall–Kier alpha value is -3.94. The van der Waals surface area contributed by atoms with Crippen LogP contribution in [-0.2, 0) is 25.7 Å². The zero-order chi connectivity index (χ0) is 29.8. The number of carbonyl (C=O) groups excluding carboxylic acids is 4. The van der Waals surface area contributed by atoms with Gasteiger partial charge in [0, 0.05) is 25.0 Å². The van der Waals surface area contributed by atoms with Gasteiger partial charge in [0.05, 0.1) is 0 Å². The van der Waals surface area contributed by atoms with Crippen LogP contribution in [-0.4, -0.2) is 34.9 Å². The molecule has 8 heteroatoms. The van der Waals surface area contributed by atoms with E-state index in [1.54, 1.807) is 12.1 Å². The van der Waals surface area contributed by atoms with Crippen LogP contribution in [0.4, 0.5) is 0 Å². The minimum Gasteiger partial charge on any atom is -0.318 e. The van der Waals surface area contributed by atoms with E-state index in [4.69, 9.17) is 9.68 Å². The van der Waals surface area contributed by atoms with Crippen LogP contribution >= 0.6 is 0 Å². The molecular weight excluding hydrogens is 520 g/mol. The minimum atomic E-state index is -0.569. The summed E-state index contributed by atoms with van der Waals surface area (Å²) in [4.78, 5) is 59.0. The molecule has 0 saturated heterocycles. The number of benzene rings is 2. The fourth-order valence-electron chi connectivity index (χ4n) is 4.90. The van der Waals surface area contributed by atoms with Gasteiger partial charge in [-0.3, -0.25) is 9.59 Å². The third-order valence-electron chi connectivity index (χ3n) is 7.03. The predicted molar refractivity (Wildman–Crippen MR) is 159 cm³/mol. The van der Waals surface area contributed by atoms with Gasteiger partial charge < -0.3 is 9.68 Å². The molecule has 0 atom stereocenters. The maximum absolute atomic E-state index is 13.3. The normalized spacial score (nSPS) is 12.5. The van der Waals surface area contributed by atoms with E-state index in [2.05, 4.69) is 24.2 Å². The molecule has 2 aromatic rings. The fourth-order valence-corrected chi connectivity index (χ4v) is 4.90. The molecule has 0 aromatic heterocycles. The zero-order valence-corrected chi connectivity index (χ0v) is 24.6. The molecule has 0 saturated carbocycles. The number of ketones is 2. The lowest BCUT2D eigenvalue weighted by Gasteiger charge is -2.08. The van der Waals surface area contributed by atoms with Crippen molar-refractivity contribution in [2.24, 2.45) is 10.3 Å². The molecule has 0 heterocycles. The lowest BCUT2D eigenvalue weighted by molar-refractivity contribution is -0.141. The molecule has 0 N–H and O–H groups in total.